The molecule has 0 aliphatic heterocycles. The Morgan fingerprint density at radius 2 is 1.52 bits per heavy atom. The van der Waals surface area contributed by atoms with Gasteiger partial charge in [-0.15, -0.1) is 0 Å². The fraction of sp³-hybridized carbons (Fsp3) is 0.138. The van der Waals surface area contributed by atoms with Crippen LogP contribution in [-0.2, 0) is 32.7 Å². The second-order valence-electron chi connectivity index (χ2n) is 9.01. The fourth-order valence-corrected chi connectivity index (χ4v) is 5.23. The van der Waals surface area contributed by atoms with E-state index in [-0.39, 0.29) is 28.8 Å². The van der Waals surface area contributed by atoms with Crippen LogP contribution in [-0.4, -0.2) is 30.8 Å². The summed E-state index contributed by atoms with van der Waals surface area (Å²) in [5, 5.41) is 6.44. The Labute approximate surface area is 237 Å². The summed E-state index contributed by atoms with van der Waals surface area (Å²) in [6.45, 7) is 3.95. The Balaban J connectivity index is 1.45. The number of carbonyl (C=O) groups is 2. The predicted molar refractivity (Wildman–Crippen MR) is 153 cm³/mol. The summed E-state index contributed by atoms with van der Waals surface area (Å²) in [4.78, 5) is 24.3. The van der Waals surface area contributed by atoms with E-state index in [2.05, 4.69) is 15.8 Å². The number of rotatable bonds is 9. The zero-order valence-corrected chi connectivity index (χ0v) is 23.4. The van der Waals surface area contributed by atoms with E-state index < -0.39 is 21.8 Å². The van der Waals surface area contributed by atoms with Crippen LogP contribution < -0.4 is 10.7 Å². The second-order valence-corrected chi connectivity index (χ2v) is 11.4. The predicted octanol–water partition coefficient (Wildman–Crippen LogP) is 5.03. The molecule has 0 saturated carbocycles. The summed E-state index contributed by atoms with van der Waals surface area (Å²) in [6.07, 6.45) is 1.21. The van der Waals surface area contributed by atoms with Crippen LogP contribution in [0.5, 0.6) is 0 Å². The number of hydrogen-bond acceptors (Lipinski definition) is 6. The Hall–Kier alpha value is -4.25. The molecule has 2 N–H and O–H groups in total. The van der Waals surface area contributed by atoms with E-state index in [1.54, 1.807) is 60.7 Å². The van der Waals surface area contributed by atoms with Crippen LogP contribution in [0, 0.1) is 13.8 Å². The molecule has 0 aliphatic rings. The van der Waals surface area contributed by atoms with Crippen molar-refractivity contribution in [1.82, 2.24) is 9.73 Å². The number of aryl methyl sites for hydroxylation is 2. The first-order chi connectivity index (χ1) is 19.1. The zero-order valence-electron chi connectivity index (χ0n) is 21.8. The highest BCUT2D eigenvalue weighted by Crippen LogP contribution is 2.23. The van der Waals surface area contributed by atoms with Gasteiger partial charge in [0.1, 0.15) is 11.5 Å². The molecule has 9 nitrogen and oxygen atoms in total. The highest BCUT2D eigenvalue weighted by atomic mass is 35.5. The van der Waals surface area contributed by atoms with Crippen molar-refractivity contribution < 1.29 is 22.4 Å². The maximum Gasteiger partial charge on any atom is 0.329 e. The van der Waals surface area contributed by atoms with Crippen LogP contribution in [0.2, 0.25) is 5.02 Å². The number of hydrazone groups is 1. The van der Waals surface area contributed by atoms with E-state index in [0.29, 0.717) is 11.4 Å². The van der Waals surface area contributed by atoms with Crippen LogP contribution in [0.4, 0.5) is 5.69 Å². The third-order valence-corrected chi connectivity index (χ3v) is 7.97. The van der Waals surface area contributed by atoms with Gasteiger partial charge in [0.2, 0.25) is 10.0 Å². The van der Waals surface area contributed by atoms with Crippen LogP contribution >= 0.6 is 11.6 Å². The normalized spacial score (nSPS) is 11.6. The van der Waals surface area contributed by atoms with Crippen LogP contribution in [0.1, 0.15) is 28.2 Å². The molecular formula is C29H27ClN4O5S. The third-order valence-electron chi connectivity index (χ3n) is 5.84. The summed E-state index contributed by atoms with van der Waals surface area (Å²) < 4.78 is 34.2. The van der Waals surface area contributed by atoms with Gasteiger partial charge >= 0.3 is 11.8 Å². The minimum absolute atomic E-state index is 0.0372. The SMILES string of the molecule is Cc1ccc(CN(Cc2ccc(/C=N/NC(=O)C(=O)Nc3ccccc3Cl)o2)S(=O)(=O)c2ccc(C)cc2)cc1. The van der Waals surface area contributed by atoms with Crippen molar-refractivity contribution in [1.29, 1.82) is 0 Å². The molecule has 40 heavy (non-hydrogen) atoms. The largest absolute Gasteiger partial charge is 0.459 e. The standard InChI is InChI=1S/C29H27ClN4O5S/c1-20-7-11-22(12-8-20)18-34(40(37,38)25-15-9-21(2)10-16-25)19-24-14-13-23(39-24)17-31-33-29(36)28(35)32-27-6-4-3-5-26(27)30/h3-17H,18-19H2,1-2H3,(H,32,35)(H,33,36)/b31-17+. The van der Waals surface area contributed by atoms with Crippen molar-refractivity contribution in [2.75, 3.05) is 5.32 Å². The summed E-state index contributed by atoms with van der Waals surface area (Å²) in [5.74, 6) is -1.33. The number of benzene rings is 3. The number of amides is 2. The summed E-state index contributed by atoms with van der Waals surface area (Å²) in [5.41, 5.74) is 5.26. The summed E-state index contributed by atoms with van der Waals surface area (Å²) in [6, 6.07) is 24.0. The van der Waals surface area contributed by atoms with Crippen LogP contribution in [0.25, 0.3) is 0 Å². The van der Waals surface area contributed by atoms with Gasteiger partial charge in [-0.1, -0.05) is 71.3 Å². The summed E-state index contributed by atoms with van der Waals surface area (Å²) in [7, 11) is -3.85. The lowest BCUT2D eigenvalue weighted by Gasteiger charge is -2.21. The van der Waals surface area contributed by atoms with E-state index in [4.69, 9.17) is 16.0 Å². The number of para-hydroxylation sites is 1. The van der Waals surface area contributed by atoms with Crippen molar-refractivity contribution in [2.45, 2.75) is 31.8 Å². The van der Waals surface area contributed by atoms with Gasteiger partial charge in [-0.25, -0.2) is 13.8 Å². The first-order valence-corrected chi connectivity index (χ1v) is 14.0. The first-order valence-electron chi connectivity index (χ1n) is 12.2. The molecule has 4 rings (SSSR count). The molecule has 1 heterocycles. The molecule has 3 aromatic carbocycles. The topological polar surface area (TPSA) is 121 Å². The Kier molecular flexibility index (Phi) is 9.15. The second kappa shape index (κ2) is 12.7. The Morgan fingerprint density at radius 3 is 2.20 bits per heavy atom. The minimum Gasteiger partial charge on any atom is -0.459 e. The highest BCUT2D eigenvalue weighted by Gasteiger charge is 2.26. The van der Waals surface area contributed by atoms with Crippen molar-refractivity contribution in [3.63, 3.8) is 0 Å². The van der Waals surface area contributed by atoms with E-state index in [9.17, 15) is 18.0 Å². The molecular weight excluding hydrogens is 552 g/mol. The maximum atomic E-state index is 13.6. The van der Waals surface area contributed by atoms with E-state index in [0.717, 1.165) is 16.7 Å². The van der Waals surface area contributed by atoms with Gasteiger partial charge < -0.3 is 9.73 Å². The molecule has 2 amide bonds. The van der Waals surface area contributed by atoms with E-state index in [1.165, 1.54) is 10.5 Å². The van der Waals surface area contributed by atoms with Crippen LogP contribution in [0.15, 0.2) is 99.3 Å². The molecule has 0 radical (unpaired) electrons. The molecule has 206 valence electrons. The minimum atomic E-state index is -3.85. The Bertz CT molecular complexity index is 1630. The number of hydrogen-bond donors (Lipinski definition) is 2. The number of anilines is 1. The first kappa shape index (κ1) is 28.8. The molecule has 0 aliphatic carbocycles. The quantitative estimate of drug-likeness (QED) is 0.164. The molecule has 4 aromatic rings. The van der Waals surface area contributed by atoms with E-state index in [1.807, 2.05) is 38.1 Å². The van der Waals surface area contributed by atoms with Gasteiger partial charge in [0.15, 0.2) is 0 Å². The molecule has 0 saturated heterocycles. The molecule has 0 unspecified atom stereocenters. The molecule has 1 aromatic heterocycles. The van der Waals surface area contributed by atoms with Gasteiger partial charge in [0, 0.05) is 6.54 Å². The molecule has 0 atom stereocenters. The van der Waals surface area contributed by atoms with E-state index >= 15 is 0 Å². The third kappa shape index (κ3) is 7.44. The monoisotopic (exact) mass is 578 g/mol. The van der Waals surface area contributed by atoms with Gasteiger partial charge in [-0.3, -0.25) is 9.59 Å². The molecule has 0 fully saturated rings. The summed E-state index contributed by atoms with van der Waals surface area (Å²) >= 11 is 5.99. The highest BCUT2D eigenvalue weighted by molar-refractivity contribution is 7.89. The van der Waals surface area contributed by atoms with Crippen molar-refractivity contribution in [3.05, 3.63) is 118 Å². The van der Waals surface area contributed by atoms with Gasteiger partial charge in [-0.2, -0.15) is 9.41 Å². The average Bonchev–Trinajstić information content (AvgIpc) is 3.38. The average molecular weight is 579 g/mol. The van der Waals surface area contributed by atoms with Crippen molar-refractivity contribution >= 4 is 45.3 Å². The zero-order chi connectivity index (χ0) is 28.7. The van der Waals surface area contributed by atoms with Gasteiger partial charge in [0.25, 0.3) is 0 Å². The maximum absolute atomic E-state index is 13.6. The lowest BCUT2D eigenvalue weighted by atomic mass is 10.1. The molecule has 11 heteroatoms. The number of nitrogens with one attached hydrogen (secondary N) is 2. The number of carbonyl (C=O) groups excluding carboxylic acids is 2. The molecule has 0 spiro atoms. The lowest BCUT2D eigenvalue weighted by Crippen LogP contribution is -2.32. The van der Waals surface area contributed by atoms with Crippen LogP contribution in [0.3, 0.4) is 0 Å². The van der Waals surface area contributed by atoms with Gasteiger partial charge in [-0.05, 0) is 55.8 Å². The fourth-order valence-electron chi connectivity index (χ4n) is 3.65. The Morgan fingerprint density at radius 1 is 0.875 bits per heavy atom. The molecule has 0 bridgehead atoms. The number of halogens is 1. The number of sulfonamides is 1. The number of furan rings is 1. The lowest BCUT2D eigenvalue weighted by molar-refractivity contribution is -0.136. The van der Waals surface area contributed by atoms with Crippen molar-refractivity contribution in [2.24, 2.45) is 5.10 Å². The van der Waals surface area contributed by atoms with Crippen molar-refractivity contribution in [3.8, 4) is 0 Å². The smallest absolute Gasteiger partial charge is 0.329 e. The van der Waals surface area contributed by atoms with Gasteiger partial charge in [0.05, 0.1) is 28.4 Å². The number of nitrogens with zero attached hydrogens (tertiary/aromatic N) is 2.